The normalized spacial score (nSPS) is 11.5. The van der Waals surface area contributed by atoms with E-state index in [1.807, 2.05) is 0 Å². The zero-order valence-corrected chi connectivity index (χ0v) is 10.7. The summed E-state index contributed by atoms with van der Waals surface area (Å²) in [6, 6.07) is 5.10. The maximum absolute atomic E-state index is 8.74. The second-order valence-corrected chi connectivity index (χ2v) is 4.77. The van der Waals surface area contributed by atoms with Crippen molar-refractivity contribution in [2.24, 2.45) is 10.9 Å². The van der Waals surface area contributed by atoms with Gasteiger partial charge in [-0.1, -0.05) is 28.5 Å². The first-order valence-electron chi connectivity index (χ1n) is 4.92. The number of hydrogen-bond donors (Lipinski definition) is 2. The van der Waals surface area contributed by atoms with Crippen LogP contribution in [0.5, 0.6) is 0 Å². The summed E-state index contributed by atoms with van der Waals surface area (Å²) < 4.78 is 0. The van der Waals surface area contributed by atoms with E-state index in [0.717, 1.165) is 4.90 Å². The molecule has 18 heavy (non-hydrogen) atoms. The molecule has 0 aliphatic rings. The Bertz CT molecular complexity index is 577. The molecule has 1 aromatic heterocycles. The van der Waals surface area contributed by atoms with Crippen LogP contribution in [0, 0.1) is 0 Å². The maximum atomic E-state index is 8.74. The van der Waals surface area contributed by atoms with Crippen molar-refractivity contribution in [2.75, 3.05) is 0 Å². The van der Waals surface area contributed by atoms with Crippen LogP contribution in [0.1, 0.15) is 5.56 Å². The van der Waals surface area contributed by atoms with Crippen molar-refractivity contribution in [1.82, 2.24) is 9.97 Å². The van der Waals surface area contributed by atoms with Crippen molar-refractivity contribution in [3.8, 4) is 0 Å². The van der Waals surface area contributed by atoms with Gasteiger partial charge in [0.1, 0.15) is 5.03 Å². The van der Waals surface area contributed by atoms with Crippen LogP contribution >= 0.6 is 23.4 Å². The van der Waals surface area contributed by atoms with Crippen LogP contribution in [0.3, 0.4) is 0 Å². The topological polar surface area (TPSA) is 84.4 Å². The fourth-order valence-corrected chi connectivity index (χ4v) is 2.45. The van der Waals surface area contributed by atoms with E-state index in [9.17, 15) is 0 Å². The molecule has 0 radical (unpaired) electrons. The minimum absolute atomic E-state index is 0.0260. The predicted octanol–water partition coefficient (Wildman–Crippen LogP) is 2.38. The number of aromatic nitrogens is 2. The highest BCUT2D eigenvalue weighted by Gasteiger charge is 2.10. The number of amidine groups is 1. The molecule has 0 spiro atoms. The highest BCUT2D eigenvalue weighted by atomic mass is 35.5. The van der Waals surface area contributed by atoms with Gasteiger partial charge in [0.05, 0.1) is 6.20 Å². The lowest BCUT2D eigenvalue weighted by atomic mass is 10.2. The number of nitrogens with zero attached hydrogens (tertiary/aromatic N) is 3. The van der Waals surface area contributed by atoms with E-state index in [4.69, 9.17) is 22.5 Å². The molecular formula is C11H9ClN4OS. The molecule has 1 aromatic carbocycles. The Hall–Kier alpha value is -1.79. The van der Waals surface area contributed by atoms with Crippen molar-refractivity contribution < 1.29 is 5.21 Å². The third kappa shape index (κ3) is 2.91. The average Bonchev–Trinajstić information content (AvgIpc) is 2.39. The molecule has 92 valence electrons. The van der Waals surface area contributed by atoms with E-state index in [1.54, 1.807) is 36.8 Å². The van der Waals surface area contributed by atoms with Crippen molar-refractivity contribution in [1.29, 1.82) is 0 Å². The van der Waals surface area contributed by atoms with Gasteiger partial charge in [-0.2, -0.15) is 0 Å². The Kier molecular flexibility index (Phi) is 4.01. The van der Waals surface area contributed by atoms with Crippen molar-refractivity contribution in [3.05, 3.63) is 47.4 Å². The lowest BCUT2D eigenvalue weighted by Crippen LogP contribution is -2.14. The molecule has 0 saturated carbocycles. The molecule has 2 rings (SSSR count). The fourth-order valence-electron chi connectivity index (χ4n) is 1.30. The SMILES string of the molecule is NC(=NO)c1ccc(Cl)cc1Sc1cnccn1. The highest BCUT2D eigenvalue weighted by Crippen LogP contribution is 2.30. The highest BCUT2D eigenvalue weighted by molar-refractivity contribution is 7.99. The fraction of sp³-hybridized carbons (Fsp3) is 0. The molecule has 2 aromatic rings. The number of hydrogen-bond acceptors (Lipinski definition) is 5. The largest absolute Gasteiger partial charge is 0.409 e. The van der Waals surface area contributed by atoms with E-state index in [2.05, 4.69) is 15.1 Å². The third-order valence-corrected chi connectivity index (χ3v) is 3.29. The number of oxime groups is 1. The molecule has 0 atom stereocenters. The van der Waals surface area contributed by atoms with Gasteiger partial charge >= 0.3 is 0 Å². The summed E-state index contributed by atoms with van der Waals surface area (Å²) in [6.45, 7) is 0. The number of halogens is 1. The van der Waals surface area contributed by atoms with Crippen LogP contribution in [-0.2, 0) is 0 Å². The van der Waals surface area contributed by atoms with Gasteiger partial charge in [0, 0.05) is 27.9 Å². The van der Waals surface area contributed by atoms with Gasteiger partial charge in [-0.3, -0.25) is 4.98 Å². The van der Waals surface area contributed by atoms with Crippen LogP contribution in [0.15, 0.2) is 51.9 Å². The van der Waals surface area contributed by atoms with Gasteiger partial charge in [0.15, 0.2) is 5.84 Å². The monoisotopic (exact) mass is 280 g/mol. The van der Waals surface area contributed by atoms with Gasteiger partial charge < -0.3 is 10.9 Å². The Labute approximate surface area is 113 Å². The first kappa shape index (κ1) is 12.7. The van der Waals surface area contributed by atoms with Crippen LogP contribution in [0.2, 0.25) is 5.02 Å². The number of benzene rings is 1. The van der Waals surface area contributed by atoms with E-state index in [0.29, 0.717) is 15.6 Å². The van der Waals surface area contributed by atoms with Gasteiger partial charge in [-0.15, -0.1) is 0 Å². The molecule has 0 aliphatic heterocycles. The molecule has 0 fully saturated rings. The van der Waals surface area contributed by atoms with Gasteiger partial charge in [-0.05, 0) is 18.2 Å². The summed E-state index contributed by atoms with van der Waals surface area (Å²) in [4.78, 5) is 8.86. The third-order valence-electron chi connectivity index (χ3n) is 2.08. The Morgan fingerprint density at radius 1 is 1.39 bits per heavy atom. The molecule has 0 bridgehead atoms. The lowest BCUT2D eigenvalue weighted by Gasteiger charge is -2.07. The number of nitrogens with two attached hydrogens (primary N) is 1. The first-order chi connectivity index (χ1) is 8.70. The smallest absolute Gasteiger partial charge is 0.171 e. The van der Waals surface area contributed by atoms with Crippen LogP contribution in [-0.4, -0.2) is 21.0 Å². The van der Waals surface area contributed by atoms with E-state index in [-0.39, 0.29) is 5.84 Å². The lowest BCUT2D eigenvalue weighted by molar-refractivity contribution is 0.318. The molecule has 0 unspecified atom stereocenters. The summed E-state index contributed by atoms with van der Waals surface area (Å²) in [5.74, 6) is 0.0260. The average molecular weight is 281 g/mol. The maximum Gasteiger partial charge on any atom is 0.171 e. The molecule has 5 nitrogen and oxygen atoms in total. The second kappa shape index (κ2) is 5.70. The van der Waals surface area contributed by atoms with Crippen molar-refractivity contribution in [2.45, 2.75) is 9.92 Å². The zero-order chi connectivity index (χ0) is 13.0. The number of rotatable bonds is 3. The van der Waals surface area contributed by atoms with E-state index in [1.165, 1.54) is 11.8 Å². The molecule has 1 heterocycles. The van der Waals surface area contributed by atoms with Crippen LogP contribution in [0.25, 0.3) is 0 Å². The molecule has 3 N–H and O–H groups in total. The van der Waals surface area contributed by atoms with Gasteiger partial charge in [-0.25, -0.2) is 4.98 Å². The Morgan fingerprint density at radius 2 is 2.22 bits per heavy atom. The Morgan fingerprint density at radius 3 is 2.89 bits per heavy atom. The first-order valence-corrected chi connectivity index (χ1v) is 6.11. The summed E-state index contributed by atoms with van der Waals surface area (Å²) in [7, 11) is 0. The molecule has 7 heteroatoms. The minimum Gasteiger partial charge on any atom is -0.409 e. The van der Waals surface area contributed by atoms with Crippen molar-refractivity contribution >= 4 is 29.2 Å². The van der Waals surface area contributed by atoms with Crippen molar-refractivity contribution in [3.63, 3.8) is 0 Å². The summed E-state index contributed by atoms with van der Waals surface area (Å²) in [5, 5.41) is 13.0. The van der Waals surface area contributed by atoms with Crippen LogP contribution in [0.4, 0.5) is 0 Å². The molecular weight excluding hydrogens is 272 g/mol. The zero-order valence-electron chi connectivity index (χ0n) is 9.12. The summed E-state index contributed by atoms with van der Waals surface area (Å²) in [6.07, 6.45) is 4.81. The van der Waals surface area contributed by atoms with Gasteiger partial charge in [0.2, 0.25) is 0 Å². The quantitative estimate of drug-likeness (QED) is 0.390. The van der Waals surface area contributed by atoms with Gasteiger partial charge in [0.25, 0.3) is 0 Å². The summed E-state index contributed by atoms with van der Waals surface area (Å²) >= 11 is 7.28. The minimum atomic E-state index is 0.0260. The van der Waals surface area contributed by atoms with E-state index >= 15 is 0 Å². The predicted molar refractivity (Wildman–Crippen MR) is 70.1 cm³/mol. The van der Waals surface area contributed by atoms with E-state index < -0.39 is 0 Å². The Balaban J connectivity index is 2.40. The molecule has 0 amide bonds. The summed E-state index contributed by atoms with van der Waals surface area (Å²) in [5.41, 5.74) is 6.20. The standard InChI is InChI=1S/C11H9ClN4OS/c12-7-1-2-8(11(13)16-17)9(5-7)18-10-6-14-3-4-15-10/h1-6,17H,(H2,13,16). The molecule has 0 saturated heterocycles. The molecule has 0 aliphatic carbocycles. The second-order valence-electron chi connectivity index (χ2n) is 3.27. The van der Waals surface area contributed by atoms with Crippen LogP contribution < -0.4 is 5.73 Å².